The molecule has 0 saturated carbocycles. The average Bonchev–Trinajstić information content (AvgIpc) is 2.49. The van der Waals surface area contributed by atoms with E-state index in [-0.39, 0.29) is 12.3 Å². The van der Waals surface area contributed by atoms with E-state index in [2.05, 4.69) is 9.72 Å². The van der Waals surface area contributed by atoms with Crippen LogP contribution in [0.2, 0.25) is 0 Å². The van der Waals surface area contributed by atoms with Crippen LogP contribution in [-0.4, -0.2) is 23.6 Å². The summed E-state index contributed by atoms with van der Waals surface area (Å²) in [5.74, 6) is -0.885. The zero-order valence-corrected chi connectivity index (χ0v) is 6.97. The summed E-state index contributed by atoms with van der Waals surface area (Å²) in [6, 6.07) is 2.52. The number of nitrogens with zero attached hydrogens (tertiary/aromatic N) is 2. The number of ether oxygens (including phenoxy) is 1. The van der Waals surface area contributed by atoms with Gasteiger partial charge in [0.25, 0.3) is 11.8 Å². The second-order valence-corrected chi connectivity index (χ2v) is 2.64. The summed E-state index contributed by atoms with van der Waals surface area (Å²) in [5.41, 5.74) is 0.247. The molecule has 1 radical (unpaired) electrons. The number of hydrogen-bond acceptors (Lipinski definition) is 4. The summed E-state index contributed by atoms with van der Waals surface area (Å²) in [6.07, 6.45) is 0.419. The first-order valence-corrected chi connectivity index (χ1v) is 3.81. The molecule has 0 aliphatic carbocycles. The predicted octanol–water partition coefficient (Wildman–Crippen LogP) is 0.709. The van der Waals surface area contributed by atoms with Gasteiger partial charge in [0.15, 0.2) is 6.61 Å². The summed E-state index contributed by atoms with van der Waals surface area (Å²) in [4.78, 5) is 26.5. The summed E-state index contributed by atoms with van der Waals surface area (Å²) >= 11 is 0. The normalized spacial score (nSPS) is 15.9. The van der Waals surface area contributed by atoms with E-state index in [4.69, 9.17) is 0 Å². The van der Waals surface area contributed by atoms with Crippen LogP contribution in [0.25, 0.3) is 0 Å². The third kappa shape index (κ3) is 1.26. The molecular weight excluding hydrogens is 188 g/mol. The molecule has 0 atom stereocenters. The van der Waals surface area contributed by atoms with E-state index in [1.807, 2.05) is 0 Å². The Bertz CT molecular complexity index is 371. The number of anilines is 1. The molecule has 0 spiro atoms. The van der Waals surface area contributed by atoms with Crippen molar-refractivity contribution in [1.29, 1.82) is 0 Å². The van der Waals surface area contributed by atoms with Gasteiger partial charge in [-0.05, 0) is 6.07 Å². The molecule has 1 aliphatic heterocycles. The van der Waals surface area contributed by atoms with Crippen molar-refractivity contribution in [3.05, 3.63) is 18.3 Å². The van der Waals surface area contributed by atoms with Gasteiger partial charge in [-0.15, -0.1) is 0 Å². The summed E-state index contributed by atoms with van der Waals surface area (Å²) < 4.78 is 4.49. The van der Waals surface area contributed by atoms with Gasteiger partial charge < -0.3 is 4.74 Å². The maximum Gasteiger partial charge on any atom is 0.421 e. The maximum atomic E-state index is 11.1. The van der Waals surface area contributed by atoms with Gasteiger partial charge in [0.2, 0.25) is 0 Å². The smallest absolute Gasteiger partial charge is 0.421 e. The van der Waals surface area contributed by atoms with Gasteiger partial charge in [0.1, 0.15) is 0 Å². The maximum absolute atomic E-state index is 11.1. The number of imide groups is 1. The van der Waals surface area contributed by atoms with Crippen LogP contribution in [0.5, 0.6) is 5.88 Å². The SMILES string of the molecule is [O]c1ccc(N2C(=O)COC2=O)cn1. The molecule has 0 bridgehead atoms. The molecule has 6 nitrogen and oxygen atoms in total. The van der Waals surface area contributed by atoms with E-state index in [0.717, 1.165) is 11.1 Å². The predicted molar refractivity (Wildman–Crippen MR) is 43.2 cm³/mol. The van der Waals surface area contributed by atoms with Gasteiger partial charge in [0.05, 0.1) is 11.9 Å². The molecule has 1 aromatic heterocycles. The number of carbonyl (C=O) groups is 2. The minimum Gasteiger partial charge on any atom is -0.439 e. The van der Waals surface area contributed by atoms with Crippen molar-refractivity contribution in [1.82, 2.24) is 4.98 Å². The lowest BCUT2D eigenvalue weighted by Crippen LogP contribution is -2.28. The van der Waals surface area contributed by atoms with Gasteiger partial charge in [0, 0.05) is 6.07 Å². The fourth-order valence-electron chi connectivity index (χ4n) is 1.11. The molecule has 2 amide bonds. The molecule has 0 aromatic carbocycles. The van der Waals surface area contributed by atoms with Crippen LogP contribution in [0.4, 0.5) is 10.5 Å². The third-order valence-electron chi connectivity index (χ3n) is 1.73. The number of rotatable bonds is 1. The molecule has 1 saturated heterocycles. The lowest BCUT2D eigenvalue weighted by molar-refractivity contribution is -0.117. The largest absolute Gasteiger partial charge is 0.439 e. The van der Waals surface area contributed by atoms with Crippen LogP contribution >= 0.6 is 0 Å². The standard InChI is InChI=1S/C8H5N2O4/c11-6-2-1-5(3-9-6)10-7(12)4-14-8(10)13/h1-3H,4H2. The fraction of sp³-hybridized carbons (Fsp3) is 0.125. The Morgan fingerprint density at radius 1 is 1.36 bits per heavy atom. The second kappa shape index (κ2) is 2.99. The molecule has 0 unspecified atom stereocenters. The Hall–Kier alpha value is -2.11. The van der Waals surface area contributed by atoms with Crippen LogP contribution < -0.4 is 4.90 Å². The van der Waals surface area contributed by atoms with Crippen LogP contribution in [-0.2, 0) is 14.6 Å². The van der Waals surface area contributed by atoms with Gasteiger partial charge in [-0.25, -0.2) is 14.7 Å². The van der Waals surface area contributed by atoms with E-state index >= 15 is 0 Å². The highest BCUT2D eigenvalue weighted by atomic mass is 16.6. The molecule has 0 N–H and O–H groups in total. The van der Waals surface area contributed by atoms with Crippen molar-refractivity contribution in [3.8, 4) is 5.88 Å². The van der Waals surface area contributed by atoms with Crippen molar-refractivity contribution < 1.29 is 19.4 Å². The molecule has 14 heavy (non-hydrogen) atoms. The van der Waals surface area contributed by atoms with Gasteiger partial charge in [-0.1, -0.05) is 0 Å². The number of hydrogen-bond donors (Lipinski definition) is 0. The third-order valence-corrected chi connectivity index (χ3v) is 1.73. The first-order chi connectivity index (χ1) is 6.68. The minimum atomic E-state index is -0.740. The monoisotopic (exact) mass is 193 g/mol. The van der Waals surface area contributed by atoms with Crippen molar-refractivity contribution >= 4 is 17.7 Å². The van der Waals surface area contributed by atoms with Crippen LogP contribution in [0.15, 0.2) is 18.3 Å². The molecule has 2 heterocycles. The minimum absolute atomic E-state index is 0.247. The summed E-state index contributed by atoms with van der Waals surface area (Å²) in [7, 11) is 0. The van der Waals surface area contributed by atoms with Crippen LogP contribution in [0, 0.1) is 0 Å². The molecule has 1 aromatic rings. The summed E-state index contributed by atoms with van der Waals surface area (Å²) in [5, 5.41) is 10.7. The van der Waals surface area contributed by atoms with Gasteiger partial charge >= 0.3 is 6.09 Å². The van der Waals surface area contributed by atoms with E-state index in [0.29, 0.717) is 0 Å². The lowest BCUT2D eigenvalue weighted by atomic mass is 10.4. The van der Waals surface area contributed by atoms with Crippen LogP contribution in [0.3, 0.4) is 0 Å². The molecule has 71 valence electrons. The highest BCUT2D eigenvalue weighted by molar-refractivity contribution is 6.16. The van der Waals surface area contributed by atoms with Crippen molar-refractivity contribution in [2.45, 2.75) is 0 Å². The lowest BCUT2D eigenvalue weighted by Gasteiger charge is -2.08. The number of aromatic nitrogens is 1. The van der Waals surface area contributed by atoms with Crippen molar-refractivity contribution in [2.75, 3.05) is 11.5 Å². The number of amides is 2. The Kier molecular flexibility index (Phi) is 1.81. The Balaban J connectivity index is 2.34. The fourth-order valence-corrected chi connectivity index (χ4v) is 1.11. The molecule has 2 rings (SSSR count). The summed E-state index contributed by atoms with van der Waals surface area (Å²) in [6.45, 7) is -0.266. The van der Waals surface area contributed by atoms with Gasteiger partial charge in [-0.3, -0.25) is 9.90 Å². The van der Waals surface area contributed by atoms with E-state index < -0.39 is 17.9 Å². The zero-order valence-electron chi connectivity index (χ0n) is 6.97. The first-order valence-electron chi connectivity index (χ1n) is 3.81. The van der Waals surface area contributed by atoms with Crippen molar-refractivity contribution in [2.24, 2.45) is 0 Å². The zero-order chi connectivity index (χ0) is 10.1. The number of cyclic esters (lactones) is 1. The molecule has 1 fully saturated rings. The quantitative estimate of drug-likeness (QED) is 0.657. The van der Waals surface area contributed by atoms with E-state index in [9.17, 15) is 14.7 Å². The molecular formula is C8H5N2O4. The highest BCUT2D eigenvalue weighted by Gasteiger charge is 2.32. The Labute approximate surface area is 78.7 Å². The molecule has 1 aliphatic rings. The topological polar surface area (TPSA) is 79.4 Å². The van der Waals surface area contributed by atoms with Crippen molar-refractivity contribution in [3.63, 3.8) is 0 Å². The van der Waals surface area contributed by atoms with E-state index in [1.165, 1.54) is 12.1 Å². The van der Waals surface area contributed by atoms with Crippen LogP contribution in [0.1, 0.15) is 0 Å². The van der Waals surface area contributed by atoms with Gasteiger partial charge in [-0.2, -0.15) is 0 Å². The molecule has 6 heteroatoms. The highest BCUT2D eigenvalue weighted by Crippen LogP contribution is 2.19. The Morgan fingerprint density at radius 3 is 2.64 bits per heavy atom. The average molecular weight is 193 g/mol. The Morgan fingerprint density at radius 2 is 2.14 bits per heavy atom. The second-order valence-electron chi connectivity index (χ2n) is 2.64. The number of pyridine rings is 1. The van der Waals surface area contributed by atoms with E-state index in [1.54, 1.807) is 0 Å². The first kappa shape index (κ1) is 8.49. The number of carbonyl (C=O) groups excluding carboxylic acids is 2.